The third kappa shape index (κ3) is 4.36. The molecule has 5 amide bonds. The molecule has 2 aliphatic rings. The number of rotatable bonds is 5. The Morgan fingerprint density at radius 1 is 0.906 bits per heavy atom. The summed E-state index contributed by atoms with van der Waals surface area (Å²) in [7, 11) is 0. The molecule has 0 bridgehead atoms. The summed E-state index contributed by atoms with van der Waals surface area (Å²) in [5.74, 6) is -2.39. The predicted octanol–water partition coefficient (Wildman–Crippen LogP) is 2.41. The fraction of sp³-hybridized carbons (Fsp3) is 0.261. The molecule has 164 valence electrons. The molecule has 1 aliphatic carbocycles. The summed E-state index contributed by atoms with van der Waals surface area (Å²) in [5.41, 5.74) is 1.09. The largest absolute Gasteiger partial charge is 0.452 e. The number of esters is 1. The smallest absolute Gasteiger partial charge is 0.338 e. The highest BCUT2D eigenvalue weighted by atomic mass is 16.5. The van der Waals surface area contributed by atoms with Gasteiger partial charge < -0.3 is 10.1 Å². The lowest BCUT2D eigenvalue weighted by molar-refractivity contribution is -0.123. The summed E-state index contributed by atoms with van der Waals surface area (Å²) in [6.45, 7) is -0.614. The topological polar surface area (TPSA) is 122 Å². The van der Waals surface area contributed by atoms with Crippen molar-refractivity contribution in [1.82, 2.24) is 10.6 Å². The summed E-state index contributed by atoms with van der Waals surface area (Å²) in [6, 6.07) is 11.7. The maximum absolute atomic E-state index is 12.5. The third-order valence-corrected chi connectivity index (χ3v) is 5.43. The van der Waals surface area contributed by atoms with E-state index in [0.717, 1.165) is 30.6 Å². The van der Waals surface area contributed by atoms with Gasteiger partial charge in [0.2, 0.25) is 0 Å². The molecule has 2 aromatic carbocycles. The van der Waals surface area contributed by atoms with E-state index in [9.17, 15) is 24.0 Å². The molecule has 9 heteroatoms. The predicted molar refractivity (Wildman–Crippen MR) is 113 cm³/mol. The lowest BCUT2D eigenvalue weighted by Crippen LogP contribution is -2.44. The molecule has 0 atom stereocenters. The number of carbonyl (C=O) groups excluding carboxylic acids is 5. The molecule has 1 fully saturated rings. The molecule has 32 heavy (non-hydrogen) atoms. The van der Waals surface area contributed by atoms with Gasteiger partial charge in [0.1, 0.15) is 0 Å². The van der Waals surface area contributed by atoms with Gasteiger partial charge in [0.25, 0.3) is 17.7 Å². The van der Waals surface area contributed by atoms with E-state index in [1.54, 1.807) is 24.3 Å². The number of nitrogens with zero attached hydrogens (tertiary/aromatic N) is 1. The first kappa shape index (κ1) is 21.2. The standard InChI is InChI=1S/C23H21N3O6/c27-19(25-23(31)24-15-5-1-2-6-15)13-32-22(30)14-9-11-16(12-10-14)26-20(28)17-7-3-4-8-18(17)21(26)29/h3-4,7-12,15H,1-2,5-6,13H2,(H2,24,25,27,31). The van der Waals surface area contributed by atoms with Crippen LogP contribution in [0.4, 0.5) is 10.5 Å². The Balaban J connectivity index is 1.31. The van der Waals surface area contributed by atoms with E-state index in [2.05, 4.69) is 10.6 Å². The van der Waals surface area contributed by atoms with Gasteiger partial charge in [-0.05, 0) is 49.2 Å². The van der Waals surface area contributed by atoms with Crippen LogP contribution in [0.2, 0.25) is 0 Å². The minimum atomic E-state index is -0.773. The Labute approximate surface area is 183 Å². The van der Waals surface area contributed by atoms with Crippen molar-refractivity contribution in [2.75, 3.05) is 11.5 Å². The lowest BCUT2D eigenvalue weighted by Gasteiger charge is -2.14. The van der Waals surface area contributed by atoms with Gasteiger partial charge in [0, 0.05) is 6.04 Å². The first-order chi connectivity index (χ1) is 15.4. The van der Waals surface area contributed by atoms with Crippen molar-refractivity contribution in [2.24, 2.45) is 0 Å². The fourth-order valence-electron chi connectivity index (χ4n) is 3.84. The van der Waals surface area contributed by atoms with Crippen molar-refractivity contribution in [1.29, 1.82) is 0 Å². The van der Waals surface area contributed by atoms with Crippen molar-refractivity contribution in [3.05, 3.63) is 65.2 Å². The highest BCUT2D eigenvalue weighted by molar-refractivity contribution is 6.34. The minimum absolute atomic E-state index is 0.0611. The SMILES string of the molecule is O=C(COC(=O)c1ccc(N2C(=O)c3ccccc3C2=O)cc1)NC(=O)NC1CCCC1. The van der Waals surface area contributed by atoms with Crippen LogP contribution in [0.5, 0.6) is 0 Å². The molecule has 0 spiro atoms. The van der Waals surface area contributed by atoms with Gasteiger partial charge in [-0.2, -0.15) is 0 Å². The Hall–Kier alpha value is -4.01. The summed E-state index contributed by atoms with van der Waals surface area (Å²) in [6.07, 6.45) is 3.85. The number of amides is 5. The number of fused-ring (bicyclic) bond motifs is 1. The van der Waals surface area contributed by atoms with Crippen LogP contribution < -0.4 is 15.5 Å². The molecule has 1 saturated carbocycles. The molecule has 0 radical (unpaired) electrons. The molecule has 2 aromatic rings. The van der Waals surface area contributed by atoms with Gasteiger partial charge in [-0.25, -0.2) is 14.5 Å². The summed E-state index contributed by atoms with van der Waals surface area (Å²) in [5, 5.41) is 4.84. The highest BCUT2D eigenvalue weighted by Crippen LogP contribution is 2.28. The Kier molecular flexibility index (Phi) is 5.98. The summed E-state index contributed by atoms with van der Waals surface area (Å²) >= 11 is 0. The summed E-state index contributed by atoms with van der Waals surface area (Å²) in [4.78, 5) is 61.9. The molecule has 0 saturated heterocycles. The number of urea groups is 1. The molecule has 1 heterocycles. The van der Waals surface area contributed by atoms with E-state index in [1.165, 1.54) is 24.3 Å². The normalized spacial score (nSPS) is 15.4. The van der Waals surface area contributed by atoms with Crippen LogP contribution in [-0.2, 0) is 9.53 Å². The van der Waals surface area contributed by atoms with Crippen LogP contribution >= 0.6 is 0 Å². The van der Waals surface area contributed by atoms with E-state index in [1.807, 2.05) is 0 Å². The lowest BCUT2D eigenvalue weighted by atomic mass is 10.1. The van der Waals surface area contributed by atoms with Crippen LogP contribution in [-0.4, -0.2) is 42.4 Å². The first-order valence-corrected chi connectivity index (χ1v) is 10.3. The van der Waals surface area contributed by atoms with E-state index in [4.69, 9.17) is 4.74 Å². The van der Waals surface area contributed by atoms with Crippen LogP contribution in [0, 0.1) is 0 Å². The molecule has 9 nitrogen and oxygen atoms in total. The van der Waals surface area contributed by atoms with Crippen LogP contribution in [0.1, 0.15) is 56.8 Å². The third-order valence-electron chi connectivity index (χ3n) is 5.43. The summed E-state index contributed by atoms with van der Waals surface area (Å²) < 4.78 is 4.94. The van der Waals surface area contributed by atoms with E-state index in [-0.39, 0.29) is 11.6 Å². The number of carbonyl (C=O) groups is 5. The number of nitrogens with one attached hydrogen (secondary N) is 2. The number of hydrogen-bond donors (Lipinski definition) is 2. The maximum Gasteiger partial charge on any atom is 0.338 e. The van der Waals surface area contributed by atoms with Gasteiger partial charge in [-0.3, -0.25) is 19.7 Å². The van der Waals surface area contributed by atoms with Gasteiger partial charge >= 0.3 is 12.0 Å². The zero-order chi connectivity index (χ0) is 22.7. The number of ether oxygens (including phenoxy) is 1. The average molecular weight is 435 g/mol. The van der Waals surface area contributed by atoms with Crippen LogP contribution in [0.15, 0.2) is 48.5 Å². The maximum atomic E-state index is 12.5. The van der Waals surface area contributed by atoms with Crippen molar-refractivity contribution >= 4 is 35.4 Å². The number of anilines is 1. The van der Waals surface area contributed by atoms with Gasteiger partial charge in [-0.15, -0.1) is 0 Å². The molecule has 0 aromatic heterocycles. The molecular formula is C23H21N3O6. The van der Waals surface area contributed by atoms with Crippen LogP contribution in [0.25, 0.3) is 0 Å². The average Bonchev–Trinajstić information content (AvgIpc) is 3.39. The van der Waals surface area contributed by atoms with Crippen molar-refractivity contribution in [2.45, 2.75) is 31.7 Å². The van der Waals surface area contributed by atoms with Crippen molar-refractivity contribution in [3.8, 4) is 0 Å². The molecule has 0 unspecified atom stereocenters. The van der Waals surface area contributed by atoms with Crippen molar-refractivity contribution < 1.29 is 28.7 Å². The van der Waals surface area contributed by atoms with Crippen molar-refractivity contribution in [3.63, 3.8) is 0 Å². The minimum Gasteiger partial charge on any atom is -0.452 e. The zero-order valence-electron chi connectivity index (χ0n) is 17.1. The Bertz CT molecular complexity index is 1050. The Morgan fingerprint density at radius 2 is 1.50 bits per heavy atom. The molecular weight excluding hydrogens is 414 g/mol. The van der Waals surface area contributed by atoms with Gasteiger partial charge in [-0.1, -0.05) is 25.0 Å². The second kappa shape index (κ2) is 9.01. The second-order valence-electron chi connectivity index (χ2n) is 7.62. The van der Waals surface area contributed by atoms with Gasteiger partial charge in [0.05, 0.1) is 22.4 Å². The first-order valence-electron chi connectivity index (χ1n) is 10.3. The van der Waals surface area contributed by atoms with E-state index in [0.29, 0.717) is 16.8 Å². The zero-order valence-corrected chi connectivity index (χ0v) is 17.1. The molecule has 4 rings (SSSR count). The van der Waals surface area contributed by atoms with Crippen LogP contribution in [0.3, 0.4) is 0 Å². The van der Waals surface area contributed by atoms with E-state index >= 15 is 0 Å². The molecule has 2 N–H and O–H groups in total. The monoisotopic (exact) mass is 435 g/mol. The highest BCUT2D eigenvalue weighted by Gasteiger charge is 2.36. The Morgan fingerprint density at radius 3 is 2.09 bits per heavy atom. The van der Waals surface area contributed by atoms with E-state index < -0.39 is 36.3 Å². The number of hydrogen-bond acceptors (Lipinski definition) is 6. The van der Waals surface area contributed by atoms with Gasteiger partial charge in [0.15, 0.2) is 6.61 Å². The molecule has 1 aliphatic heterocycles. The number of imide groups is 2. The quantitative estimate of drug-likeness (QED) is 0.549. The fourth-order valence-corrected chi connectivity index (χ4v) is 3.84. The second-order valence-corrected chi connectivity index (χ2v) is 7.62. The number of benzene rings is 2.